The van der Waals surface area contributed by atoms with Gasteiger partial charge in [0.2, 0.25) is 0 Å². The third-order valence-electron chi connectivity index (χ3n) is 15.4. The molecule has 2 bridgehead atoms. The van der Waals surface area contributed by atoms with E-state index in [-0.39, 0.29) is 18.9 Å². The molecule has 300 valence electrons. The molecule has 1 aliphatic carbocycles. The molecule has 2 saturated heterocycles. The summed E-state index contributed by atoms with van der Waals surface area (Å²) >= 11 is 0. The highest BCUT2D eigenvalue weighted by atomic mass is 16.5. The molecule has 12 heteroatoms. The summed E-state index contributed by atoms with van der Waals surface area (Å²) in [6.45, 7) is 7.01. The van der Waals surface area contributed by atoms with E-state index in [1.807, 2.05) is 43.1 Å². The zero-order valence-electron chi connectivity index (χ0n) is 33.4. The number of rotatable bonds is 6. The number of carbonyl (C=O) groups is 2. The van der Waals surface area contributed by atoms with Crippen molar-refractivity contribution in [2.24, 2.45) is 11.3 Å². The van der Waals surface area contributed by atoms with Crippen molar-refractivity contribution >= 4 is 28.5 Å². The van der Waals surface area contributed by atoms with Crippen LogP contribution in [-0.2, 0) is 36.3 Å². The molecule has 1 saturated carbocycles. The van der Waals surface area contributed by atoms with E-state index in [9.17, 15) is 20.1 Å². The van der Waals surface area contributed by atoms with Crippen LogP contribution in [0.2, 0.25) is 0 Å². The van der Waals surface area contributed by atoms with Crippen LogP contribution < -0.4 is 9.64 Å². The van der Waals surface area contributed by atoms with Crippen molar-refractivity contribution in [2.45, 2.75) is 92.6 Å². The summed E-state index contributed by atoms with van der Waals surface area (Å²) in [6.07, 6.45) is 5.98. The van der Waals surface area contributed by atoms with Crippen molar-refractivity contribution in [3.05, 3.63) is 70.9 Å². The topological polar surface area (TPSA) is 148 Å². The van der Waals surface area contributed by atoms with Gasteiger partial charge < -0.3 is 39.4 Å². The van der Waals surface area contributed by atoms with E-state index in [2.05, 4.69) is 46.0 Å². The lowest BCUT2D eigenvalue weighted by atomic mass is 9.49. The van der Waals surface area contributed by atoms with Gasteiger partial charge in [0, 0.05) is 89.9 Å². The van der Waals surface area contributed by atoms with Crippen molar-refractivity contribution in [2.75, 3.05) is 66.0 Å². The van der Waals surface area contributed by atoms with Gasteiger partial charge in [-0.05, 0) is 68.3 Å². The zero-order valence-corrected chi connectivity index (χ0v) is 33.4. The number of aromatic nitrogens is 1. The molecular weight excluding hydrogens is 713 g/mol. The van der Waals surface area contributed by atoms with Gasteiger partial charge in [-0.3, -0.25) is 14.6 Å². The van der Waals surface area contributed by atoms with Crippen molar-refractivity contribution < 1.29 is 39.1 Å². The fourth-order valence-corrected chi connectivity index (χ4v) is 13.1. The number of nitrogens with one attached hydrogen (secondary N) is 1. The van der Waals surface area contributed by atoms with Crippen molar-refractivity contribution in [3.63, 3.8) is 0 Å². The number of anilines is 1. The maximum atomic E-state index is 15.2. The standard InChI is InChI=1S/C44H56N4O8/c1-7-40-15-11-17-48-19-16-42(36(40)48)29-20-30(33(54-4)21-32(29)46(3)37(42)44(53,24-40)39(51)56-6)43(38(50)55-5)22-26-23-47(25-41(52,8-2)35(26)49)18-14-28-27-12-9-10-13-31(27)45-34(28)43/h9-13,15,20-21,26,35-37,45,49,52-53H,7-8,14,16-19,22-25H2,1-6H3. The Kier molecular flexibility index (Phi) is 8.59. The first kappa shape index (κ1) is 37.6. The third-order valence-corrected chi connectivity index (χ3v) is 15.4. The maximum absolute atomic E-state index is 15.2. The van der Waals surface area contributed by atoms with Gasteiger partial charge in [0.15, 0.2) is 5.60 Å². The molecule has 9 rings (SSSR count). The molecule has 10 atom stereocenters. The minimum atomic E-state index is -1.84. The average Bonchev–Trinajstić information content (AvgIpc) is 3.87. The van der Waals surface area contributed by atoms with Crippen LogP contribution in [0.4, 0.5) is 5.69 Å². The second kappa shape index (κ2) is 12.8. The minimum absolute atomic E-state index is 0.0450. The molecule has 6 heterocycles. The van der Waals surface area contributed by atoms with Crippen LogP contribution >= 0.6 is 0 Å². The average molecular weight is 769 g/mol. The summed E-state index contributed by atoms with van der Waals surface area (Å²) in [4.78, 5) is 39.7. The van der Waals surface area contributed by atoms with Gasteiger partial charge >= 0.3 is 11.9 Å². The van der Waals surface area contributed by atoms with Gasteiger partial charge in [0.25, 0.3) is 0 Å². The normalized spacial score (nSPS) is 38.4. The molecule has 2 aromatic carbocycles. The van der Waals surface area contributed by atoms with Crippen LogP contribution in [0.5, 0.6) is 5.75 Å². The number of nitrogens with zero attached hydrogens (tertiary/aromatic N) is 3. The largest absolute Gasteiger partial charge is 0.496 e. The van der Waals surface area contributed by atoms with E-state index in [1.54, 1.807) is 7.11 Å². The quantitative estimate of drug-likeness (QED) is 0.216. The zero-order chi connectivity index (χ0) is 39.6. The first-order valence-corrected chi connectivity index (χ1v) is 20.3. The van der Waals surface area contributed by atoms with Gasteiger partial charge in [-0.2, -0.15) is 0 Å². The number of ether oxygens (including phenoxy) is 3. The smallest absolute Gasteiger partial charge is 0.340 e. The fourth-order valence-electron chi connectivity index (χ4n) is 13.1. The molecule has 12 nitrogen and oxygen atoms in total. The molecule has 56 heavy (non-hydrogen) atoms. The highest BCUT2D eigenvalue weighted by Crippen LogP contribution is 2.67. The lowest BCUT2D eigenvalue weighted by molar-refractivity contribution is -0.181. The van der Waals surface area contributed by atoms with Gasteiger partial charge in [-0.15, -0.1) is 0 Å². The first-order valence-electron chi connectivity index (χ1n) is 20.3. The summed E-state index contributed by atoms with van der Waals surface area (Å²) in [5, 5.41) is 37.9. The number of aliphatic hydroxyl groups excluding tert-OH is 1. The number of H-pyrrole nitrogens is 1. The number of hydrogen-bond donors (Lipinski definition) is 4. The summed E-state index contributed by atoms with van der Waals surface area (Å²) in [6, 6.07) is 11.4. The number of fused-ring (bicyclic) bond motifs is 6. The molecule has 5 aliphatic heterocycles. The van der Waals surface area contributed by atoms with Crippen LogP contribution in [0.3, 0.4) is 0 Å². The monoisotopic (exact) mass is 768 g/mol. The summed E-state index contributed by atoms with van der Waals surface area (Å²) in [7, 11) is 6.29. The van der Waals surface area contributed by atoms with E-state index in [4.69, 9.17) is 14.2 Å². The Morgan fingerprint density at radius 2 is 1.75 bits per heavy atom. The molecule has 3 aromatic rings. The number of benzene rings is 2. The lowest BCUT2D eigenvalue weighted by Crippen LogP contribution is -2.74. The molecule has 4 N–H and O–H groups in total. The van der Waals surface area contributed by atoms with E-state index in [1.165, 1.54) is 14.2 Å². The Morgan fingerprint density at radius 1 is 0.982 bits per heavy atom. The third kappa shape index (κ3) is 4.64. The predicted molar refractivity (Wildman–Crippen MR) is 211 cm³/mol. The molecule has 3 fully saturated rings. The Balaban J connectivity index is 1.36. The predicted octanol–water partition coefficient (Wildman–Crippen LogP) is 3.42. The van der Waals surface area contributed by atoms with E-state index < -0.39 is 57.4 Å². The number of piperidine rings is 1. The maximum Gasteiger partial charge on any atom is 0.340 e. The van der Waals surface area contributed by atoms with Crippen molar-refractivity contribution in [1.82, 2.24) is 14.8 Å². The van der Waals surface area contributed by atoms with Crippen LogP contribution in [0, 0.1) is 11.3 Å². The number of likely N-dealkylation sites (N-methyl/N-ethyl adjacent to an activating group) is 1. The summed E-state index contributed by atoms with van der Waals surface area (Å²) in [5.74, 6) is -1.22. The number of carbonyl (C=O) groups excluding carboxylic acids is 2. The first-order chi connectivity index (χ1) is 26.8. The number of aliphatic hydroxyl groups is 3. The van der Waals surface area contributed by atoms with Gasteiger partial charge in [0.05, 0.1) is 33.5 Å². The highest BCUT2D eigenvalue weighted by Gasteiger charge is 2.75. The molecule has 1 aromatic heterocycles. The lowest BCUT2D eigenvalue weighted by Gasteiger charge is -2.60. The second-order valence-electron chi connectivity index (χ2n) is 17.6. The molecule has 1 spiro atoms. The van der Waals surface area contributed by atoms with Crippen molar-refractivity contribution in [3.8, 4) is 5.75 Å². The van der Waals surface area contributed by atoms with Crippen LogP contribution in [0.25, 0.3) is 10.9 Å². The highest BCUT2D eigenvalue weighted by molar-refractivity contribution is 5.94. The number of aromatic amines is 1. The Hall–Kier alpha value is -3.94. The molecular formula is C44H56N4O8. The number of esters is 2. The van der Waals surface area contributed by atoms with E-state index in [0.717, 1.165) is 40.8 Å². The van der Waals surface area contributed by atoms with Gasteiger partial charge in [-0.25, -0.2) is 4.79 Å². The Bertz CT molecular complexity index is 2140. The summed E-state index contributed by atoms with van der Waals surface area (Å²) in [5.41, 5.74) is -1.08. The second-order valence-corrected chi connectivity index (χ2v) is 17.6. The van der Waals surface area contributed by atoms with Gasteiger partial charge in [-0.1, -0.05) is 44.2 Å². The molecule has 0 amide bonds. The number of methoxy groups -OCH3 is 3. The van der Waals surface area contributed by atoms with Crippen LogP contribution in [0.1, 0.15) is 68.3 Å². The Morgan fingerprint density at radius 3 is 2.46 bits per heavy atom. The molecule has 0 radical (unpaired) electrons. The van der Waals surface area contributed by atoms with E-state index >= 15 is 4.79 Å². The van der Waals surface area contributed by atoms with Crippen LogP contribution in [-0.4, -0.2) is 133 Å². The van der Waals surface area contributed by atoms with Gasteiger partial charge in [0.1, 0.15) is 16.8 Å². The Labute approximate surface area is 328 Å². The van der Waals surface area contributed by atoms with E-state index in [0.29, 0.717) is 62.3 Å². The molecule has 10 unspecified atom stereocenters. The summed E-state index contributed by atoms with van der Waals surface area (Å²) < 4.78 is 17.7. The molecule has 6 aliphatic rings. The number of para-hydroxylation sites is 1. The van der Waals surface area contributed by atoms with Crippen LogP contribution in [0.15, 0.2) is 48.6 Å². The SMILES string of the molecule is CCC1(O)CN2CCc3c([nH]c4ccccc34)C(C(=O)OC)(c3cc4c(cc3OC)N(C)C3C(O)(C(=O)OC)CC5(CC)C=CCN6CCC43C65)CC(C2)C1O. The fraction of sp³-hybridized carbons (Fsp3) is 0.591. The minimum Gasteiger partial charge on any atom is -0.496 e. The van der Waals surface area contributed by atoms with Crippen molar-refractivity contribution in [1.29, 1.82) is 0 Å². The number of hydrogen-bond acceptors (Lipinski definition) is 11.